The monoisotopic (exact) mass is 331 g/mol. The third-order valence-corrected chi connectivity index (χ3v) is 3.86. The Labute approximate surface area is 119 Å². The quantitative estimate of drug-likeness (QED) is 0.889. The average molecular weight is 332 g/mol. The molecule has 0 aliphatic carbocycles. The Bertz CT molecular complexity index is 495. The summed E-state index contributed by atoms with van der Waals surface area (Å²) >= 11 is 3.18. The van der Waals surface area contributed by atoms with Crippen LogP contribution in [0, 0.1) is 11.7 Å². The van der Waals surface area contributed by atoms with Crippen LogP contribution in [0.15, 0.2) is 16.6 Å². The molecule has 0 amide bonds. The topological polar surface area (TPSA) is 58.6 Å². The molecule has 19 heavy (non-hydrogen) atoms. The Kier molecular flexibility index (Phi) is 4.54. The summed E-state index contributed by atoms with van der Waals surface area (Å²) in [4.78, 5) is 10.9. The largest absolute Gasteiger partial charge is 0.481 e. The van der Waals surface area contributed by atoms with Gasteiger partial charge in [-0.25, -0.2) is 4.39 Å². The molecule has 1 heterocycles. The standard InChI is InChI=1S/C13H15BrFNO3/c1-19-6-7-2-9(12(15)10(14)3-7)11-4-8(5-16-11)13(17)18/h2-3,8,11,16H,4-6H2,1H3,(H,17,18). The first-order valence-electron chi connectivity index (χ1n) is 5.96. The van der Waals surface area contributed by atoms with Crippen LogP contribution < -0.4 is 5.32 Å². The predicted molar refractivity (Wildman–Crippen MR) is 71.3 cm³/mol. The number of carboxylic acids is 1. The number of hydrogen-bond donors (Lipinski definition) is 2. The van der Waals surface area contributed by atoms with Crippen LogP contribution in [0.2, 0.25) is 0 Å². The number of rotatable bonds is 4. The molecule has 1 aliphatic rings. The number of ether oxygens (including phenoxy) is 1. The van der Waals surface area contributed by atoms with Crippen molar-refractivity contribution in [2.45, 2.75) is 19.1 Å². The number of nitrogens with one attached hydrogen (secondary N) is 1. The van der Waals surface area contributed by atoms with E-state index >= 15 is 0 Å². The minimum atomic E-state index is -0.845. The number of carbonyl (C=O) groups is 1. The fourth-order valence-electron chi connectivity index (χ4n) is 2.33. The van der Waals surface area contributed by atoms with E-state index in [4.69, 9.17) is 9.84 Å². The lowest BCUT2D eigenvalue weighted by Gasteiger charge is -2.14. The van der Waals surface area contributed by atoms with E-state index in [1.807, 2.05) is 0 Å². The molecule has 2 unspecified atom stereocenters. The molecule has 2 rings (SSSR count). The number of hydrogen-bond acceptors (Lipinski definition) is 3. The van der Waals surface area contributed by atoms with E-state index < -0.39 is 11.9 Å². The molecule has 1 aliphatic heterocycles. The lowest BCUT2D eigenvalue weighted by Crippen LogP contribution is -2.18. The van der Waals surface area contributed by atoms with Crippen molar-refractivity contribution in [2.24, 2.45) is 5.92 Å². The van der Waals surface area contributed by atoms with Crippen molar-refractivity contribution < 1.29 is 19.0 Å². The summed E-state index contributed by atoms with van der Waals surface area (Å²) in [5.41, 5.74) is 1.34. The van der Waals surface area contributed by atoms with Crippen LogP contribution in [0.3, 0.4) is 0 Å². The second-order valence-corrected chi connectivity index (χ2v) is 5.50. The molecule has 4 nitrogen and oxygen atoms in total. The fourth-order valence-corrected chi connectivity index (χ4v) is 2.86. The number of benzene rings is 1. The Morgan fingerprint density at radius 1 is 1.63 bits per heavy atom. The van der Waals surface area contributed by atoms with Gasteiger partial charge in [0.2, 0.25) is 0 Å². The van der Waals surface area contributed by atoms with Crippen molar-refractivity contribution in [2.75, 3.05) is 13.7 Å². The first kappa shape index (κ1) is 14.4. The Hall–Kier alpha value is -0.980. The second kappa shape index (κ2) is 5.98. The predicted octanol–water partition coefficient (Wildman–Crippen LogP) is 2.47. The van der Waals surface area contributed by atoms with E-state index in [9.17, 15) is 9.18 Å². The smallest absolute Gasteiger partial charge is 0.307 e. The maximum Gasteiger partial charge on any atom is 0.307 e. The number of methoxy groups -OCH3 is 1. The van der Waals surface area contributed by atoms with Crippen molar-refractivity contribution in [3.05, 3.63) is 33.5 Å². The average Bonchev–Trinajstić information content (AvgIpc) is 2.83. The van der Waals surface area contributed by atoms with Crippen molar-refractivity contribution in [3.63, 3.8) is 0 Å². The zero-order valence-corrected chi connectivity index (χ0v) is 12.0. The van der Waals surface area contributed by atoms with Crippen molar-refractivity contribution in [1.82, 2.24) is 5.32 Å². The van der Waals surface area contributed by atoms with Gasteiger partial charge in [0.15, 0.2) is 0 Å². The van der Waals surface area contributed by atoms with Gasteiger partial charge in [-0.05, 0) is 40.0 Å². The third-order valence-electron chi connectivity index (χ3n) is 3.28. The lowest BCUT2D eigenvalue weighted by molar-refractivity contribution is -0.141. The number of carboxylic acid groups (broad SMARTS) is 1. The summed E-state index contributed by atoms with van der Waals surface area (Å²) < 4.78 is 19.5. The summed E-state index contributed by atoms with van der Waals surface area (Å²) in [7, 11) is 1.57. The molecular weight excluding hydrogens is 317 g/mol. The van der Waals surface area contributed by atoms with Crippen LogP contribution in [0.25, 0.3) is 0 Å². The lowest BCUT2D eigenvalue weighted by atomic mass is 9.98. The number of aliphatic carboxylic acids is 1. The Balaban J connectivity index is 2.26. The highest BCUT2D eigenvalue weighted by atomic mass is 79.9. The highest BCUT2D eigenvalue weighted by Crippen LogP contribution is 2.32. The third kappa shape index (κ3) is 3.13. The van der Waals surface area contributed by atoms with Crippen LogP contribution in [0.1, 0.15) is 23.6 Å². The van der Waals surface area contributed by atoms with Gasteiger partial charge in [0, 0.05) is 25.3 Å². The Morgan fingerprint density at radius 3 is 2.95 bits per heavy atom. The van der Waals surface area contributed by atoms with Crippen molar-refractivity contribution >= 4 is 21.9 Å². The molecule has 0 radical (unpaired) electrons. The molecule has 0 bridgehead atoms. The van der Waals surface area contributed by atoms with Gasteiger partial charge in [0.25, 0.3) is 0 Å². The summed E-state index contributed by atoms with van der Waals surface area (Å²) in [5.74, 6) is -1.65. The molecule has 1 aromatic carbocycles. The molecular formula is C13H15BrFNO3. The summed E-state index contributed by atoms with van der Waals surface area (Å²) in [6.45, 7) is 0.756. The molecule has 6 heteroatoms. The molecule has 0 aromatic heterocycles. The van der Waals surface area contributed by atoms with Crippen LogP contribution in [-0.2, 0) is 16.1 Å². The summed E-state index contributed by atoms with van der Waals surface area (Å²) in [6, 6.07) is 3.13. The van der Waals surface area contributed by atoms with Gasteiger partial charge >= 0.3 is 5.97 Å². The van der Waals surface area contributed by atoms with E-state index in [1.54, 1.807) is 19.2 Å². The van der Waals surface area contributed by atoms with E-state index in [0.29, 0.717) is 29.6 Å². The minimum absolute atomic E-state index is 0.269. The minimum Gasteiger partial charge on any atom is -0.481 e. The molecule has 104 valence electrons. The van der Waals surface area contributed by atoms with Crippen LogP contribution >= 0.6 is 15.9 Å². The molecule has 0 saturated carbocycles. The fraction of sp³-hybridized carbons (Fsp3) is 0.462. The van der Waals surface area contributed by atoms with Crippen LogP contribution in [0.4, 0.5) is 4.39 Å². The SMILES string of the molecule is COCc1cc(Br)c(F)c(C2CC(C(=O)O)CN2)c1. The highest BCUT2D eigenvalue weighted by Gasteiger charge is 2.32. The molecule has 0 spiro atoms. The van der Waals surface area contributed by atoms with E-state index in [-0.39, 0.29) is 11.9 Å². The van der Waals surface area contributed by atoms with E-state index in [2.05, 4.69) is 21.2 Å². The van der Waals surface area contributed by atoms with Gasteiger partial charge in [-0.1, -0.05) is 0 Å². The Morgan fingerprint density at radius 2 is 2.37 bits per heavy atom. The maximum absolute atomic E-state index is 14.1. The molecule has 1 saturated heterocycles. The number of halogens is 2. The van der Waals surface area contributed by atoms with Gasteiger partial charge in [-0.3, -0.25) is 4.79 Å². The maximum atomic E-state index is 14.1. The van der Waals surface area contributed by atoms with Gasteiger partial charge in [-0.2, -0.15) is 0 Å². The van der Waals surface area contributed by atoms with Crippen molar-refractivity contribution in [3.8, 4) is 0 Å². The van der Waals surface area contributed by atoms with Gasteiger partial charge in [0.05, 0.1) is 17.0 Å². The zero-order chi connectivity index (χ0) is 14.0. The van der Waals surface area contributed by atoms with Gasteiger partial charge in [-0.15, -0.1) is 0 Å². The molecule has 2 N–H and O–H groups in total. The molecule has 2 atom stereocenters. The van der Waals surface area contributed by atoms with Crippen molar-refractivity contribution in [1.29, 1.82) is 0 Å². The first-order valence-corrected chi connectivity index (χ1v) is 6.75. The van der Waals surface area contributed by atoms with Crippen LogP contribution in [-0.4, -0.2) is 24.7 Å². The zero-order valence-electron chi connectivity index (χ0n) is 10.5. The van der Waals surface area contributed by atoms with Crippen LogP contribution in [0.5, 0.6) is 0 Å². The van der Waals surface area contributed by atoms with E-state index in [0.717, 1.165) is 5.56 Å². The van der Waals surface area contributed by atoms with Gasteiger partial charge in [0.1, 0.15) is 5.82 Å². The van der Waals surface area contributed by atoms with E-state index in [1.165, 1.54) is 0 Å². The first-order chi connectivity index (χ1) is 9.02. The van der Waals surface area contributed by atoms with Gasteiger partial charge < -0.3 is 15.2 Å². The molecule has 1 aromatic rings. The summed E-state index contributed by atoms with van der Waals surface area (Å²) in [6.07, 6.45) is 0.398. The highest BCUT2D eigenvalue weighted by molar-refractivity contribution is 9.10. The summed E-state index contributed by atoms with van der Waals surface area (Å²) in [5, 5.41) is 12.0. The second-order valence-electron chi connectivity index (χ2n) is 4.65. The normalized spacial score (nSPS) is 22.7. The molecule has 1 fully saturated rings.